The largest absolute Gasteiger partial charge is 0.491 e. The van der Waals surface area contributed by atoms with Crippen LogP contribution >= 0.6 is 0 Å². The molecule has 0 aliphatic heterocycles. The molecular formula is C18H30N2O3. The van der Waals surface area contributed by atoms with Crippen LogP contribution in [0.2, 0.25) is 0 Å². The van der Waals surface area contributed by atoms with E-state index < -0.39 is 0 Å². The fourth-order valence-electron chi connectivity index (χ4n) is 2.38. The van der Waals surface area contributed by atoms with Gasteiger partial charge in [0.1, 0.15) is 5.75 Å². The van der Waals surface area contributed by atoms with Gasteiger partial charge in [0.05, 0.1) is 23.3 Å². The molecular weight excluding hydrogens is 292 g/mol. The first-order valence-electron chi connectivity index (χ1n) is 8.84. The molecule has 0 aliphatic carbocycles. The van der Waals surface area contributed by atoms with Crippen molar-refractivity contribution in [1.29, 1.82) is 0 Å². The third-order valence-corrected chi connectivity index (χ3v) is 3.78. The van der Waals surface area contributed by atoms with Gasteiger partial charge in [-0.1, -0.05) is 52.4 Å². The fraction of sp³-hybridized carbons (Fsp3) is 0.667. The molecule has 0 fully saturated rings. The number of ether oxygens (including phenoxy) is 1. The molecule has 130 valence electrons. The molecule has 0 saturated carbocycles. The summed E-state index contributed by atoms with van der Waals surface area (Å²) in [5, 5.41) is 14.3. The van der Waals surface area contributed by atoms with E-state index >= 15 is 0 Å². The summed E-state index contributed by atoms with van der Waals surface area (Å²) >= 11 is 0. The van der Waals surface area contributed by atoms with Crippen molar-refractivity contribution < 1.29 is 9.66 Å². The van der Waals surface area contributed by atoms with Crippen LogP contribution in [-0.2, 0) is 0 Å². The topological polar surface area (TPSA) is 64.4 Å². The Bertz CT molecular complexity index is 464. The van der Waals surface area contributed by atoms with Gasteiger partial charge in [0, 0.05) is 12.6 Å². The van der Waals surface area contributed by atoms with Gasteiger partial charge in [-0.05, 0) is 18.9 Å². The average Bonchev–Trinajstić information content (AvgIpc) is 2.55. The zero-order valence-electron chi connectivity index (χ0n) is 14.5. The van der Waals surface area contributed by atoms with Crippen LogP contribution in [0.15, 0.2) is 18.2 Å². The summed E-state index contributed by atoms with van der Waals surface area (Å²) in [7, 11) is 0. The summed E-state index contributed by atoms with van der Waals surface area (Å²) in [5.74, 6) is 0.589. The molecule has 1 N–H and O–H groups in total. The van der Waals surface area contributed by atoms with Gasteiger partial charge >= 0.3 is 0 Å². The van der Waals surface area contributed by atoms with E-state index in [1.54, 1.807) is 6.07 Å². The van der Waals surface area contributed by atoms with E-state index in [-0.39, 0.29) is 10.6 Å². The Labute approximate surface area is 139 Å². The number of rotatable bonds is 13. The SMILES string of the molecule is CCCCCCNc1ccc([N+](=O)[O-])cc1OCCCCCC. The summed E-state index contributed by atoms with van der Waals surface area (Å²) in [6, 6.07) is 4.80. The van der Waals surface area contributed by atoms with E-state index in [1.165, 1.54) is 44.2 Å². The quantitative estimate of drug-likeness (QED) is 0.294. The maximum Gasteiger partial charge on any atom is 0.273 e. The van der Waals surface area contributed by atoms with E-state index in [2.05, 4.69) is 19.2 Å². The predicted octanol–water partition coefficient (Wildman–Crippen LogP) is 5.55. The predicted molar refractivity (Wildman–Crippen MR) is 95.4 cm³/mol. The average molecular weight is 322 g/mol. The lowest BCUT2D eigenvalue weighted by Crippen LogP contribution is -2.06. The second-order valence-electron chi connectivity index (χ2n) is 5.83. The monoisotopic (exact) mass is 322 g/mol. The molecule has 23 heavy (non-hydrogen) atoms. The molecule has 0 atom stereocenters. The molecule has 0 spiro atoms. The van der Waals surface area contributed by atoms with Crippen LogP contribution in [0.25, 0.3) is 0 Å². The molecule has 0 amide bonds. The molecule has 0 saturated heterocycles. The van der Waals surface area contributed by atoms with Gasteiger partial charge in [-0.25, -0.2) is 0 Å². The third kappa shape index (κ3) is 7.86. The summed E-state index contributed by atoms with van der Waals surface area (Å²) in [6.45, 7) is 5.83. The maximum absolute atomic E-state index is 10.9. The molecule has 1 aromatic carbocycles. The number of nitro benzene ring substituents is 1. The van der Waals surface area contributed by atoms with E-state index in [1.807, 2.05) is 0 Å². The van der Waals surface area contributed by atoms with Crippen molar-refractivity contribution in [3.8, 4) is 5.75 Å². The van der Waals surface area contributed by atoms with Crippen molar-refractivity contribution in [3.05, 3.63) is 28.3 Å². The van der Waals surface area contributed by atoms with Crippen LogP contribution < -0.4 is 10.1 Å². The van der Waals surface area contributed by atoms with Crippen molar-refractivity contribution in [2.75, 3.05) is 18.5 Å². The van der Waals surface area contributed by atoms with Gasteiger partial charge in [0.25, 0.3) is 5.69 Å². The smallest absolute Gasteiger partial charge is 0.273 e. The lowest BCUT2D eigenvalue weighted by atomic mass is 10.2. The van der Waals surface area contributed by atoms with Crippen LogP contribution in [-0.4, -0.2) is 18.1 Å². The first-order valence-corrected chi connectivity index (χ1v) is 8.84. The minimum atomic E-state index is -0.380. The molecule has 0 aromatic heterocycles. The highest BCUT2D eigenvalue weighted by molar-refractivity contribution is 5.60. The van der Waals surface area contributed by atoms with E-state index in [4.69, 9.17) is 4.74 Å². The van der Waals surface area contributed by atoms with Crippen LogP contribution in [0.5, 0.6) is 5.75 Å². The molecule has 0 bridgehead atoms. The Morgan fingerprint density at radius 2 is 1.74 bits per heavy atom. The second-order valence-corrected chi connectivity index (χ2v) is 5.83. The van der Waals surface area contributed by atoms with Gasteiger partial charge in [-0.3, -0.25) is 10.1 Å². The Hall–Kier alpha value is -1.78. The number of anilines is 1. The highest BCUT2D eigenvalue weighted by Gasteiger charge is 2.11. The first kappa shape index (κ1) is 19.3. The lowest BCUT2D eigenvalue weighted by molar-refractivity contribution is -0.384. The Morgan fingerprint density at radius 3 is 2.39 bits per heavy atom. The molecule has 5 nitrogen and oxygen atoms in total. The van der Waals surface area contributed by atoms with Crippen molar-refractivity contribution in [2.45, 2.75) is 65.2 Å². The van der Waals surface area contributed by atoms with E-state index in [0.29, 0.717) is 12.4 Å². The number of non-ortho nitro benzene ring substituents is 1. The normalized spacial score (nSPS) is 10.5. The third-order valence-electron chi connectivity index (χ3n) is 3.78. The number of unbranched alkanes of at least 4 members (excludes halogenated alkanes) is 6. The van der Waals surface area contributed by atoms with E-state index in [0.717, 1.165) is 31.5 Å². The van der Waals surface area contributed by atoms with Crippen molar-refractivity contribution in [3.63, 3.8) is 0 Å². The minimum Gasteiger partial charge on any atom is -0.491 e. The Morgan fingerprint density at radius 1 is 1.04 bits per heavy atom. The fourth-order valence-corrected chi connectivity index (χ4v) is 2.38. The number of nitrogens with one attached hydrogen (secondary N) is 1. The highest BCUT2D eigenvalue weighted by atomic mass is 16.6. The van der Waals surface area contributed by atoms with Crippen molar-refractivity contribution >= 4 is 11.4 Å². The molecule has 1 aromatic rings. The number of hydrogen-bond donors (Lipinski definition) is 1. The zero-order chi connectivity index (χ0) is 16.9. The van der Waals surface area contributed by atoms with Crippen LogP contribution in [0.3, 0.4) is 0 Å². The van der Waals surface area contributed by atoms with Gasteiger partial charge in [-0.2, -0.15) is 0 Å². The first-order chi connectivity index (χ1) is 11.2. The minimum absolute atomic E-state index is 0.0742. The number of hydrogen-bond acceptors (Lipinski definition) is 4. The van der Waals surface area contributed by atoms with Crippen molar-refractivity contribution in [1.82, 2.24) is 0 Å². The summed E-state index contributed by atoms with van der Waals surface area (Å²) in [5.41, 5.74) is 0.924. The maximum atomic E-state index is 10.9. The summed E-state index contributed by atoms with van der Waals surface area (Å²) in [6.07, 6.45) is 9.23. The molecule has 1 rings (SSSR count). The standard InChI is InChI=1S/C18H30N2O3/c1-3-5-7-9-13-19-17-12-11-16(20(21)22)15-18(17)23-14-10-8-6-4-2/h11-12,15,19H,3-10,13-14H2,1-2H3. The number of benzene rings is 1. The molecule has 5 heteroatoms. The van der Waals surface area contributed by atoms with E-state index in [9.17, 15) is 10.1 Å². The van der Waals surface area contributed by atoms with Crippen LogP contribution in [0, 0.1) is 10.1 Å². The lowest BCUT2D eigenvalue weighted by Gasteiger charge is -2.13. The molecule has 0 aliphatic rings. The number of nitro groups is 1. The van der Waals surface area contributed by atoms with Crippen LogP contribution in [0.1, 0.15) is 65.2 Å². The number of nitrogens with zero attached hydrogens (tertiary/aromatic N) is 1. The van der Waals surface area contributed by atoms with Gasteiger partial charge in [-0.15, -0.1) is 0 Å². The van der Waals surface area contributed by atoms with Gasteiger partial charge < -0.3 is 10.1 Å². The molecule has 0 unspecified atom stereocenters. The zero-order valence-corrected chi connectivity index (χ0v) is 14.5. The van der Waals surface area contributed by atoms with Crippen molar-refractivity contribution in [2.24, 2.45) is 0 Å². The second kappa shape index (κ2) is 11.7. The van der Waals surface area contributed by atoms with Gasteiger partial charge in [0.15, 0.2) is 0 Å². The highest BCUT2D eigenvalue weighted by Crippen LogP contribution is 2.29. The molecule has 0 heterocycles. The van der Waals surface area contributed by atoms with Gasteiger partial charge in [0.2, 0.25) is 0 Å². The van der Waals surface area contributed by atoms with Crippen LogP contribution in [0.4, 0.5) is 11.4 Å². The summed E-state index contributed by atoms with van der Waals surface area (Å²) in [4.78, 5) is 10.6. The summed E-state index contributed by atoms with van der Waals surface area (Å²) < 4.78 is 5.79. The Balaban J connectivity index is 2.57. The Kier molecular flexibility index (Phi) is 9.84. The molecule has 0 radical (unpaired) electrons.